The lowest BCUT2D eigenvalue weighted by molar-refractivity contribution is -0.108. The molecular formula is C8H10N2O4. The summed E-state index contributed by atoms with van der Waals surface area (Å²) in [5.41, 5.74) is 4.42. The smallest absolute Gasteiger partial charge is 0.318 e. The van der Waals surface area contributed by atoms with E-state index in [-0.39, 0.29) is 17.9 Å². The highest BCUT2D eigenvalue weighted by Gasteiger charge is 1.85. The third-order valence-corrected chi connectivity index (χ3v) is 1.03. The highest BCUT2D eigenvalue weighted by molar-refractivity contribution is 5.82. The molecule has 1 rings (SSSR count). The molecule has 0 heterocycles. The molecule has 0 aliphatic heterocycles. The first kappa shape index (κ1) is 11.8. The van der Waals surface area contributed by atoms with Crippen molar-refractivity contribution in [3.8, 4) is 11.5 Å². The Morgan fingerprint density at radius 1 is 1.36 bits per heavy atom. The Morgan fingerprint density at radius 3 is 2.00 bits per heavy atom. The van der Waals surface area contributed by atoms with Crippen molar-refractivity contribution < 1.29 is 19.8 Å². The summed E-state index contributed by atoms with van der Waals surface area (Å²) >= 11 is 0. The zero-order valence-electron chi connectivity index (χ0n) is 7.18. The maximum Gasteiger partial charge on any atom is 0.318 e. The van der Waals surface area contributed by atoms with Gasteiger partial charge in [-0.25, -0.2) is 4.79 Å². The van der Waals surface area contributed by atoms with Gasteiger partial charge in [0.05, 0.1) is 0 Å². The van der Waals surface area contributed by atoms with Gasteiger partial charge in [0.2, 0.25) is 6.41 Å². The molecule has 1 aromatic rings. The van der Waals surface area contributed by atoms with Gasteiger partial charge in [0, 0.05) is 6.07 Å². The number of nitrogens with one attached hydrogen (secondary N) is 1. The molecule has 5 N–H and O–H groups in total. The van der Waals surface area contributed by atoms with E-state index in [9.17, 15) is 9.59 Å². The number of nitrogens with two attached hydrogens (primary N) is 1. The second-order valence-corrected chi connectivity index (χ2v) is 2.15. The van der Waals surface area contributed by atoms with Gasteiger partial charge in [-0.05, 0) is 12.1 Å². The van der Waals surface area contributed by atoms with Crippen LogP contribution >= 0.6 is 0 Å². The zero-order chi connectivity index (χ0) is 11.0. The Hall–Kier alpha value is -2.24. The Kier molecular flexibility index (Phi) is 5.29. The summed E-state index contributed by atoms with van der Waals surface area (Å²) in [5, 5.41) is 19.0. The Labute approximate surface area is 80.0 Å². The molecule has 0 atom stereocenters. The van der Waals surface area contributed by atoms with Crippen LogP contribution in [-0.4, -0.2) is 22.7 Å². The molecule has 6 heteroatoms. The molecule has 0 radical (unpaired) electrons. The summed E-state index contributed by atoms with van der Waals surface area (Å²) in [6.45, 7) is 0. The number of hydrogen-bond donors (Lipinski definition) is 4. The third-order valence-electron chi connectivity index (χ3n) is 1.03. The summed E-state index contributed by atoms with van der Waals surface area (Å²) in [6.07, 6.45) is 0.225. The van der Waals surface area contributed by atoms with Crippen LogP contribution in [0.2, 0.25) is 0 Å². The van der Waals surface area contributed by atoms with Gasteiger partial charge in [-0.2, -0.15) is 0 Å². The predicted octanol–water partition coefficient (Wildman–Crippen LogP) is -0.0911. The van der Waals surface area contributed by atoms with E-state index in [1.165, 1.54) is 18.2 Å². The molecule has 0 saturated heterocycles. The maximum absolute atomic E-state index is 9.48. The third kappa shape index (κ3) is 6.47. The van der Waals surface area contributed by atoms with Crippen molar-refractivity contribution in [1.29, 1.82) is 0 Å². The minimum atomic E-state index is -0.829. The summed E-state index contributed by atoms with van der Waals surface area (Å²) in [7, 11) is 0. The van der Waals surface area contributed by atoms with E-state index in [0.29, 0.717) is 0 Å². The molecule has 0 unspecified atom stereocenters. The number of aromatic hydroxyl groups is 2. The van der Waals surface area contributed by atoms with Gasteiger partial charge < -0.3 is 15.9 Å². The molecule has 0 bridgehead atoms. The highest BCUT2D eigenvalue weighted by atomic mass is 16.3. The molecule has 6 nitrogen and oxygen atoms in total. The second kappa shape index (κ2) is 6.30. The van der Waals surface area contributed by atoms with Crippen LogP contribution in [0.3, 0.4) is 0 Å². The first-order chi connectivity index (χ1) is 6.56. The van der Waals surface area contributed by atoms with Crippen molar-refractivity contribution in [1.82, 2.24) is 5.32 Å². The fourth-order valence-electron chi connectivity index (χ4n) is 0.551. The van der Waals surface area contributed by atoms with Crippen LogP contribution in [0.1, 0.15) is 0 Å². The lowest BCUT2D eigenvalue weighted by Crippen LogP contribution is -2.27. The van der Waals surface area contributed by atoms with Gasteiger partial charge in [0.25, 0.3) is 0 Å². The number of amides is 3. The Balaban J connectivity index is 0.000000255. The minimum absolute atomic E-state index is 0.0880. The molecule has 0 aromatic heterocycles. The quantitative estimate of drug-likeness (QED) is 0.472. The van der Waals surface area contributed by atoms with E-state index in [1.807, 2.05) is 0 Å². The summed E-state index contributed by atoms with van der Waals surface area (Å²) in [4.78, 5) is 18.7. The van der Waals surface area contributed by atoms with Crippen LogP contribution in [0.4, 0.5) is 4.79 Å². The molecular weight excluding hydrogens is 188 g/mol. The van der Waals surface area contributed by atoms with E-state index in [2.05, 4.69) is 5.73 Å². The van der Waals surface area contributed by atoms with Crippen LogP contribution in [0.25, 0.3) is 0 Å². The number of phenols is 2. The lowest BCUT2D eigenvalue weighted by Gasteiger charge is -1.89. The van der Waals surface area contributed by atoms with E-state index in [1.54, 1.807) is 11.4 Å². The average Bonchev–Trinajstić information content (AvgIpc) is 2.03. The zero-order valence-corrected chi connectivity index (χ0v) is 7.18. The SMILES string of the molecule is NC(=O)NC=O.Oc1cccc(O)c1. The largest absolute Gasteiger partial charge is 0.508 e. The van der Waals surface area contributed by atoms with Gasteiger partial charge >= 0.3 is 6.03 Å². The van der Waals surface area contributed by atoms with Crippen LogP contribution < -0.4 is 11.1 Å². The molecule has 0 saturated carbocycles. The lowest BCUT2D eigenvalue weighted by atomic mass is 10.3. The van der Waals surface area contributed by atoms with Crippen molar-refractivity contribution in [2.24, 2.45) is 5.73 Å². The molecule has 1 aromatic carbocycles. The number of primary amides is 1. The number of carbonyl (C=O) groups excluding carboxylic acids is 2. The van der Waals surface area contributed by atoms with Crippen molar-refractivity contribution in [3.63, 3.8) is 0 Å². The first-order valence-corrected chi connectivity index (χ1v) is 3.54. The van der Waals surface area contributed by atoms with Gasteiger partial charge in [0.1, 0.15) is 11.5 Å². The van der Waals surface area contributed by atoms with E-state index in [4.69, 9.17) is 10.2 Å². The number of phenolic OH excluding ortho intramolecular Hbond substituents is 2. The number of hydrogen-bond acceptors (Lipinski definition) is 4. The molecule has 0 fully saturated rings. The van der Waals surface area contributed by atoms with E-state index >= 15 is 0 Å². The fraction of sp³-hybridized carbons (Fsp3) is 0. The number of carbonyl (C=O) groups is 2. The van der Waals surface area contributed by atoms with Gasteiger partial charge in [0.15, 0.2) is 0 Å². The molecule has 0 spiro atoms. The minimum Gasteiger partial charge on any atom is -0.508 e. The monoisotopic (exact) mass is 198 g/mol. The van der Waals surface area contributed by atoms with Gasteiger partial charge in [-0.3, -0.25) is 10.1 Å². The molecule has 0 aliphatic rings. The normalized spacial score (nSPS) is 8.00. The fourth-order valence-corrected chi connectivity index (χ4v) is 0.551. The van der Waals surface area contributed by atoms with Crippen molar-refractivity contribution in [2.75, 3.05) is 0 Å². The van der Waals surface area contributed by atoms with Crippen LogP contribution in [0.15, 0.2) is 24.3 Å². The van der Waals surface area contributed by atoms with Gasteiger partial charge in [-0.15, -0.1) is 0 Å². The summed E-state index contributed by atoms with van der Waals surface area (Å²) in [6, 6.07) is 5.02. The van der Waals surface area contributed by atoms with E-state index in [0.717, 1.165) is 0 Å². The number of imide groups is 1. The van der Waals surface area contributed by atoms with Crippen LogP contribution in [0.5, 0.6) is 11.5 Å². The average molecular weight is 198 g/mol. The number of urea groups is 1. The molecule has 3 amide bonds. The maximum atomic E-state index is 9.48. The number of rotatable bonds is 1. The van der Waals surface area contributed by atoms with Gasteiger partial charge in [-0.1, -0.05) is 6.07 Å². The number of benzene rings is 1. The molecule has 0 aliphatic carbocycles. The summed E-state index contributed by atoms with van der Waals surface area (Å²) in [5.74, 6) is 0.176. The summed E-state index contributed by atoms with van der Waals surface area (Å²) < 4.78 is 0. The van der Waals surface area contributed by atoms with Crippen molar-refractivity contribution in [3.05, 3.63) is 24.3 Å². The van der Waals surface area contributed by atoms with Crippen molar-refractivity contribution >= 4 is 12.4 Å². The standard InChI is InChI=1S/C6H6O2.C2H4N2O2/c7-5-2-1-3-6(8)4-5;3-2(6)4-1-5/h1-4,7-8H;1H,(H3,3,4,5,6). The topological polar surface area (TPSA) is 113 Å². The highest BCUT2D eigenvalue weighted by Crippen LogP contribution is 2.14. The van der Waals surface area contributed by atoms with Crippen LogP contribution in [-0.2, 0) is 4.79 Å². The first-order valence-electron chi connectivity index (χ1n) is 3.54. The Bertz CT molecular complexity index is 297. The molecule has 14 heavy (non-hydrogen) atoms. The van der Waals surface area contributed by atoms with E-state index < -0.39 is 6.03 Å². The predicted molar refractivity (Wildman–Crippen MR) is 48.6 cm³/mol. The second-order valence-electron chi connectivity index (χ2n) is 2.15. The van der Waals surface area contributed by atoms with Crippen molar-refractivity contribution in [2.45, 2.75) is 0 Å². The van der Waals surface area contributed by atoms with Crippen LogP contribution in [0, 0.1) is 0 Å². The molecule has 76 valence electrons. The Morgan fingerprint density at radius 2 is 1.86 bits per heavy atom.